The number of hydrogen-bond acceptors (Lipinski definition) is 2. The van der Waals surface area contributed by atoms with E-state index in [9.17, 15) is 8.42 Å². The third-order valence-electron chi connectivity index (χ3n) is 1.19. The first kappa shape index (κ1) is 11.6. The van der Waals surface area contributed by atoms with Crippen molar-refractivity contribution in [2.75, 3.05) is 0 Å². The van der Waals surface area contributed by atoms with Gasteiger partial charge in [0.05, 0.1) is 0 Å². The second-order valence-corrected chi connectivity index (χ2v) is 3.66. The molecule has 1 N–H and O–H groups in total. The van der Waals surface area contributed by atoms with Crippen molar-refractivity contribution in [2.24, 2.45) is 0 Å². The van der Waals surface area contributed by atoms with Crippen molar-refractivity contribution in [3.8, 4) is 0 Å². The van der Waals surface area contributed by atoms with Gasteiger partial charge in [-0.3, -0.25) is 4.55 Å². The molecule has 12 heavy (non-hydrogen) atoms. The molecule has 0 spiro atoms. The second kappa shape index (κ2) is 4.60. The van der Waals surface area contributed by atoms with Crippen LogP contribution in [0, 0.1) is 0 Å². The SMILES string of the molecule is O=S(=O)(O)Cc1ccccc1.[Ni]. The average Bonchev–Trinajstić information content (AvgIpc) is 1.85. The van der Waals surface area contributed by atoms with E-state index in [-0.39, 0.29) is 22.2 Å². The van der Waals surface area contributed by atoms with Crippen molar-refractivity contribution in [3.63, 3.8) is 0 Å². The molecule has 0 amide bonds. The van der Waals surface area contributed by atoms with E-state index in [0.29, 0.717) is 5.56 Å². The first-order chi connectivity index (χ1) is 5.08. The Morgan fingerprint density at radius 2 is 1.67 bits per heavy atom. The molecule has 1 rings (SSSR count). The van der Waals surface area contributed by atoms with E-state index in [0.717, 1.165) is 0 Å². The molecule has 1 aromatic carbocycles. The van der Waals surface area contributed by atoms with E-state index in [1.807, 2.05) is 0 Å². The number of rotatable bonds is 2. The Morgan fingerprint density at radius 3 is 2.08 bits per heavy atom. The monoisotopic (exact) mass is 230 g/mol. The third-order valence-corrected chi connectivity index (χ3v) is 1.89. The molecule has 0 aliphatic heterocycles. The molecule has 0 aliphatic rings. The first-order valence-corrected chi connectivity index (χ1v) is 4.68. The summed E-state index contributed by atoms with van der Waals surface area (Å²) in [7, 11) is -3.88. The Balaban J connectivity index is 0.00000121. The van der Waals surface area contributed by atoms with Crippen LogP contribution < -0.4 is 0 Å². The van der Waals surface area contributed by atoms with Gasteiger partial charge in [-0.15, -0.1) is 0 Å². The molecular formula is C7H8NiO3S. The molecule has 5 heteroatoms. The molecule has 0 heterocycles. The van der Waals surface area contributed by atoms with Crippen molar-refractivity contribution < 1.29 is 29.5 Å². The minimum absolute atomic E-state index is 0. The molecular weight excluding hydrogens is 223 g/mol. The van der Waals surface area contributed by atoms with Gasteiger partial charge in [0, 0.05) is 16.5 Å². The van der Waals surface area contributed by atoms with Gasteiger partial charge in [0.1, 0.15) is 5.75 Å². The van der Waals surface area contributed by atoms with Crippen molar-refractivity contribution in [2.45, 2.75) is 5.75 Å². The average molecular weight is 231 g/mol. The van der Waals surface area contributed by atoms with Gasteiger partial charge in [-0.25, -0.2) is 0 Å². The Kier molecular flexibility index (Phi) is 4.46. The van der Waals surface area contributed by atoms with Crippen LogP contribution in [0.2, 0.25) is 0 Å². The predicted molar refractivity (Wildman–Crippen MR) is 41.7 cm³/mol. The fraction of sp³-hybridized carbons (Fsp3) is 0.143. The summed E-state index contributed by atoms with van der Waals surface area (Å²) in [6, 6.07) is 8.52. The van der Waals surface area contributed by atoms with Gasteiger partial charge in [0.15, 0.2) is 0 Å². The summed E-state index contributed by atoms with van der Waals surface area (Å²) in [6.45, 7) is 0. The van der Waals surface area contributed by atoms with Crippen molar-refractivity contribution >= 4 is 10.1 Å². The maximum absolute atomic E-state index is 10.4. The molecule has 0 atom stereocenters. The molecule has 0 unspecified atom stereocenters. The smallest absolute Gasteiger partial charge is 0.269 e. The van der Waals surface area contributed by atoms with Gasteiger partial charge in [-0.05, 0) is 5.56 Å². The summed E-state index contributed by atoms with van der Waals surface area (Å²) in [5.74, 6) is -0.312. The van der Waals surface area contributed by atoms with E-state index in [1.54, 1.807) is 30.3 Å². The second-order valence-electron chi connectivity index (χ2n) is 2.21. The third kappa shape index (κ3) is 4.49. The van der Waals surface area contributed by atoms with E-state index in [2.05, 4.69) is 0 Å². The van der Waals surface area contributed by atoms with Gasteiger partial charge in [-0.2, -0.15) is 8.42 Å². The quantitative estimate of drug-likeness (QED) is 0.611. The van der Waals surface area contributed by atoms with E-state index >= 15 is 0 Å². The summed E-state index contributed by atoms with van der Waals surface area (Å²) < 4.78 is 29.2. The summed E-state index contributed by atoms with van der Waals surface area (Å²) in [5.41, 5.74) is 0.593. The summed E-state index contributed by atoms with van der Waals surface area (Å²) in [4.78, 5) is 0. The largest absolute Gasteiger partial charge is 0.285 e. The number of hydrogen-bond donors (Lipinski definition) is 1. The standard InChI is InChI=1S/C7H8O3S.Ni/c8-11(9,10)6-7-4-2-1-3-5-7;/h1-5H,6H2,(H,8,9,10);. The maximum Gasteiger partial charge on any atom is 0.269 e. The molecule has 0 aromatic heterocycles. The van der Waals surface area contributed by atoms with Gasteiger partial charge in [-0.1, -0.05) is 30.3 Å². The van der Waals surface area contributed by atoms with Gasteiger partial charge < -0.3 is 0 Å². The van der Waals surface area contributed by atoms with Crippen LogP contribution in [0.3, 0.4) is 0 Å². The van der Waals surface area contributed by atoms with Crippen LogP contribution in [-0.4, -0.2) is 13.0 Å². The van der Waals surface area contributed by atoms with Crippen LogP contribution in [0.4, 0.5) is 0 Å². The van der Waals surface area contributed by atoms with E-state index in [4.69, 9.17) is 4.55 Å². The Labute approximate surface area is 81.5 Å². The van der Waals surface area contributed by atoms with Crippen LogP contribution in [0.1, 0.15) is 5.56 Å². The molecule has 0 fully saturated rings. The minimum atomic E-state index is -3.88. The molecule has 3 nitrogen and oxygen atoms in total. The summed E-state index contributed by atoms with van der Waals surface area (Å²) in [6.07, 6.45) is 0. The zero-order chi connectivity index (χ0) is 8.32. The van der Waals surface area contributed by atoms with Crippen LogP contribution in [0.15, 0.2) is 30.3 Å². The molecule has 0 saturated carbocycles. The van der Waals surface area contributed by atoms with E-state index < -0.39 is 10.1 Å². The molecule has 1 aromatic rings. The Morgan fingerprint density at radius 1 is 1.17 bits per heavy atom. The van der Waals surface area contributed by atoms with Crippen LogP contribution in [0.25, 0.3) is 0 Å². The molecule has 0 aliphatic carbocycles. The van der Waals surface area contributed by atoms with Crippen molar-refractivity contribution in [1.29, 1.82) is 0 Å². The fourth-order valence-corrected chi connectivity index (χ4v) is 1.40. The maximum atomic E-state index is 10.4. The summed E-state index contributed by atoms with van der Waals surface area (Å²) >= 11 is 0. The minimum Gasteiger partial charge on any atom is -0.285 e. The van der Waals surface area contributed by atoms with Gasteiger partial charge >= 0.3 is 0 Å². The fourth-order valence-electron chi connectivity index (χ4n) is 0.785. The Bertz CT molecular complexity index is 320. The topological polar surface area (TPSA) is 54.4 Å². The zero-order valence-corrected chi connectivity index (χ0v) is 7.89. The van der Waals surface area contributed by atoms with Crippen molar-refractivity contribution in [1.82, 2.24) is 0 Å². The van der Waals surface area contributed by atoms with Crippen LogP contribution in [0.5, 0.6) is 0 Å². The molecule has 0 saturated heterocycles. The van der Waals surface area contributed by atoms with Crippen molar-refractivity contribution in [3.05, 3.63) is 35.9 Å². The first-order valence-electron chi connectivity index (χ1n) is 3.07. The van der Waals surface area contributed by atoms with Crippen LogP contribution in [-0.2, 0) is 32.4 Å². The Hall–Kier alpha value is -0.376. The van der Waals surface area contributed by atoms with E-state index in [1.165, 1.54) is 0 Å². The molecule has 70 valence electrons. The summed E-state index contributed by atoms with van der Waals surface area (Å²) in [5, 5.41) is 0. The number of benzene rings is 1. The molecule has 0 radical (unpaired) electrons. The van der Waals surface area contributed by atoms with Crippen LogP contribution >= 0.6 is 0 Å². The zero-order valence-electron chi connectivity index (χ0n) is 6.08. The van der Waals surface area contributed by atoms with Gasteiger partial charge in [0.25, 0.3) is 10.1 Å². The normalized spacial score (nSPS) is 10.4. The molecule has 0 bridgehead atoms. The van der Waals surface area contributed by atoms with Gasteiger partial charge in [0.2, 0.25) is 0 Å². The predicted octanol–water partition coefficient (Wildman–Crippen LogP) is 1.07.